The molecule has 1 aromatic rings. The molecule has 1 aromatic carbocycles. The van der Waals surface area contributed by atoms with Gasteiger partial charge in [0.15, 0.2) is 5.41 Å². The largest absolute Gasteiger partial charge is 0.478 e. The highest BCUT2D eigenvalue weighted by molar-refractivity contribution is 6.17. The predicted molar refractivity (Wildman–Crippen MR) is 85.9 cm³/mol. The van der Waals surface area contributed by atoms with Gasteiger partial charge in [0.25, 0.3) is 0 Å². The first-order chi connectivity index (χ1) is 11.4. The second kappa shape index (κ2) is 6.86. The van der Waals surface area contributed by atoms with Crippen molar-refractivity contribution in [2.24, 2.45) is 11.3 Å². The van der Waals surface area contributed by atoms with Crippen LogP contribution in [0.3, 0.4) is 0 Å². The zero-order chi connectivity index (χ0) is 17.9. The van der Waals surface area contributed by atoms with Crippen molar-refractivity contribution in [1.29, 1.82) is 0 Å². The van der Waals surface area contributed by atoms with Crippen molar-refractivity contribution >= 4 is 23.5 Å². The molecule has 1 aliphatic rings. The molecule has 0 amide bonds. The topological polar surface area (TPSA) is 89.9 Å². The third-order valence-electron chi connectivity index (χ3n) is 4.49. The Morgan fingerprint density at radius 3 is 2.08 bits per heavy atom. The van der Waals surface area contributed by atoms with Crippen LogP contribution in [0.1, 0.15) is 25.3 Å². The van der Waals surface area contributed by atoms with E-state index in [0.29, 0.717) is 11.1 Å². The maximum atomic E-state index is 12.3. The number of carbonyl (C=O) groups excluding carboxylic acids is 2. The second-order valence-corrected chi connectivity index (χ2v) is 5.92. The molecule has 24 heavy (non-hydrogen) atoms. The summed E-state index contributed by atoms with van der Waals surface area (Å²) in [4.78, 5) is 36.4. The van der Waals surface area contributed by atoms with Crippen LogP contribution in [0.2, 0.25) is 0 Å². The summed E-state index contributed by atoms with van der Waals surface area (Å²) in [6.07, 6.45) is 0.134. The molecule has 1 unspecified atom stereocenters. The van der Waals surface area contributed by atoms with E-state index in [4.69, 9.17) is 9.47 Å². The Bertz CT molecular complexity index is 673. The van der Waals surface area contributed by atoms with Crippen LogP contribution < -0.4 is 0 Å². The normalized spacial score (nSPS) is 21.0. The number of methoxy groups -OCH3 is 2. The first-order valence-corrected chi connectivity index (χ1v) is 7.56. The molecule has 0 saturated heterocycles. The van der Waals surface area contributed by atoms with Crippen LogP contribution in [0.25, 0.3) is 5.57 Å². The fourth-order valence-electron chi connectivity index (χ4n) is 3.39. The maximum Gasteiger partial charge on any atom is 0.336 e. The summed E-state index contributed by atoms with van der Waals surface area (Å²) in [5, 5.41) is 9.68. The number of esters is 2. The number of hydrogen-bond acceptors (Lipinski definition) is 5. The molecular formula is C18H20O6. The fraction of sp³-hybridized carbons (Fsp3) is 0.389. The quantitative estimate of drug-likeness (QED) is 0.517. The standard InChI is InChI=1S/C18H20O6/c1-11-9-18(16(21)23-2,17(22)24-3)10-13(11)14(15(19)20)12-7-5-4-6-8-12/h4-8,11H,9-10H2,1-3H3,(H,19,20)/b14-13-. The lowest BCUT2D eigenvalue weighted by Crippen LogP contribution is -2.39. The van der Waals surface area contributed by atoms with Crippen molar-refractivity contribution in [2.45, 2.75) is 19.8 Å². The van der Waals surface area contributed by atoms with E-state index in [0.717, 1.165) is 0 Å². The van der Waals surface area contributed by atoms with Gasteiger partial charge < -0.3 is 14.6 Å². The molecule has 128 valence electrons. The van der Waals surface area contributed by atoms with Crippen molar-refractivity contribution in [3.05, 3.63) is 41.5 Å². The zero-order valence-electron chi connectivity index (χ0n) is 13.9. The minimum absolute atomic E-state index is 0.0238. The number of carboxylic acid groups (broad SMARTS) is 1. The van der Waals surface area contributed by atoms with Gasteiger partial charge in [0.1, 0.15) is 0 Å². The number of benzene rings is 1. The Kier molecular flexibility index (Phi) is 5.07. The minimum atomic E-state index is -1.49. The van der Waals surface area contributed by atoms with Gasteiger partial charge in [-0.3, -0.25) is 9.59 Å². The summed E-state index contributed by atoms with van der Waals surface area (Å²) < 4.78 is 9.59. The van der Waals surface area contributed by atoms with E-state index < -0.39 is 23.3 Å². The minimum Gasteiger partial charge on any atom is -0.478 e. The van der Waals surface area contributed by atoms with Gasteiger partial charge in [0.2, 0.25) is 0 Å². The molecule has 6 heteroatoms. The van der Waals surface area contributed by atoms with Crippen LogP contribution in [0.5, 0.6) is 0 Å². The number of carboxylic acids is 1. The summed E-state index contributed by atoms with van der Waals surface area (Å²) in [6.45, 7) is 1.80. The number of carbonyl (C=O) groups is 3. The third kappa shape index (κ3) is 2.91. The van der Waals surface area contributed by atoms with Gasteiger partial charge in [0.05, 0.1) is 19.8 Å². The molecule has 0 bridgehead atoms. The van der Waals surface area contributed by atoms with Crippen LogP contribution in [-0.4, -0.2) is 37.2 Å². The van der Waals surface area contributed by atoms with Gasteiger partial charge in [-0.15, -0.1) is 0 Å². The van der Waals surface area contributed by atoms with Crippen LogP contribution >= 0.6 is 0 Å². The molecule has 1 atom stereocenters. The van der Waals surface area contributed by atoms with Gasteiger partial charge in [-0.2, -0.15) is 0 Å². The maximum absolute atomic E-state index is 12.3. The van der Waals surface area contributed by atoms with Gasteiger partial charge in [-0.1, -0.05) is 42.8 Å². The molecule has 1 aliphatic carbocycles. The van der Waals surface area contributed by atoms with Crippen molar-refractivity contribution < 1.29 is 29.0 Å². The van der Waals surface area contributed by atoms with Crippen LogP contribution in [0.15, 0.2) is 35.9 Å². The first kappa shape index (κ1) is 17.7. The Balaban J connectivity index is 2.60. The van der Waals surface area contributed by atoms with E-state index in [2.05, 4.69) is 0 Å². The van der Waals surface area contributed by atoms with E-state index in [1.54, 1.807) is 37.3 Å². The summed E-state index contributed by atoms with van der Waals surface area (Å²) in [7, 11) is 2.41. The number of allylic oxidation sites excluding steroid dienone is 1. The van der Waals surface area contributed by atoms with Gasteiger partial charge in [-0.25, -0.2) is 4.79 Å². The molecule has 6 nitrogen and oxygen atoms in total. The SMILES string of the molecule is COC(=O)C1(C(=O)OC)C/C(=C(/C(=O)O)c2ccccc2)C(C)C1. The van der Waals surface area contributed by atoms with Crippen molar-refractivity contribution in [1.82, 2.24) is 0 Å². The average molecular weight is 332 g/mol. The number of aliphatic carboxylic acids is 1. The lowest BCUT2D eigenvalue weighted by molar-refractivity contribution is -0.168. The lowest BCUT2D eigenvalue weighted by Gasteiger charge is -2.22. The van der Waals surface area contributed by atoms with Gasteiger partial charge >= 0.3 is 17.9 Å². The molecule has 0 spiro atoms. The fourth-order valence-corrected chi connectivity index (χ4v) is 3.39. The molecule has 0 radical (unpaired) electrons. The molecule has 2 rings (SSSR count). The molecule has 1 N–H and O–H groups in total. The molecule has 0 aromatic heterocycles. The first-order valence-electron chi connectivity index (χ1n) is 7.56. The summed E-state index contributed by atoms with van der Waals surface area (Å²) in [6, 6.07) is 8.66. The molecule has 0 heterocycles. The number of ether oxygens (including phenoxy) is 2. The monoisotopic (exact) mass is 332 g/mol. The number of hydrogen-bond donors (Lipinski definition) is 1. The Morgan fingerprint density at radius 2 is 1.62 bits per heavy atom. The number of rotatable bonds is 4. The van der Waals surface area contributed by atoms with Crippen molar-refractivity contribution in [2.75, 3.05) is 14.2 Å². The van der Waals surface area contributed by atoms with E-state index in [1.165, 1.54) is 14.2 Å². The van der Waals surface area contributed by atoms with Crippen molar-refractivity contribution in [3.8, 4) is 0 Å². The van der Waals surface area contributed by atoms with Gasteiger partial charge in [0, 0.05) is 0 Å². The summed E-state index contributed by atoms with van der Waals surface area (Å²) in [5.74, 6) is -2.76. The zero-order valence-corrected chi connectivity index (χ0v) is 13.9. The van der Waals surface area contributed by atoms with E-state index in [-0.39, 0.29) is 24.3 Å². The third-order valence-corrected chi connectivity index (χ3v) is 4.49. The highest BCUT2D eigenvalue weighted by Crippen LogP contribution is 2.49. The van der Waals surface area contributed by atoms with Crippen LogP contribution in [0, 0.1) is 11.3 Å². The highest BCUT2D eigenvalue weighted by Gasteiger charge is 2.55. The average Bonchev–Trinajstić information content (AvgIpc) is 2.92. The predicted octanol–water partition coefficient (Wildman–Crippen LogP) is 2.29. The Labute approximate surface area is 140 Å². The highest BCUT2D eigenvalue weighted by atomic mass is 16.5. The van der Waals surface area contributed by atoms with Gasteiger partial charge in [-0.05, 0) is 24.3 Å². The Morgan fingerprint density at radius 1 is 1.08 bits per heavy atom. The molecule has 1 fully saturated rings. The van der Waals surface area contributed by atoms with Crippen LogP contribution in [0.4, 0.5) is 0 Å². The lowest BCUT2D eigenvalue weighted by atomic mass is 9.85. The summed E-state index contributed by atoms with van der Waals surface area (Å²) >= 11 is 0. The molecule has 0 aliphatic heterocycles. The Hall–Kier alpha value is -2.63. The van der Waals surface area contributed by atoms with E-state index >= 15 is 0 Å². The van der Waals surface area contributed by atoms with E-state index in [1.807, 2.05) is 0 Å². The molecular weight excluding hydrogens is 312 g/mol. The van der Waals surface area contributed by atoms with Crippen LogP contribution in [-0.2, 0) is 23.9 Å². The molecule has 1 saturated carbocycles. The smallest absolute Gasteiger partial charge is 0.336 e. The van der Waals surface area contributed by atoms with Crippen molar-refractivity contribution in [3.63, 3.8) is 0 Å². The van der Waals surface area contributed by atoms with E-state index in [9.17, 15) is 19.5 Å². The summed E-state index contributed by atoms with van der Waals surface area (Å²) in [5.41, 5.74) is -0.284. The second-order valence-electron chi connectivity index (χ2n) is 5.92.